The van der Waals surface area contributed by atoms with Gasteiger partial charge in [-0.05, 0) is 30.5 Å². The molecule has 8 nitrogen and oxygen atoms in total. The monoisotopic (exact) mass is 420 g/mol. The van der Waals surface area contributed by atoms with Gasteiger partial charge in [-0.3, -0.25) is 4.79 Å². The van der Waals surface area contributed by atoms with Crippen LogP contribution in [-0.2, 0) is 11.3 Å². The van der Waals surface area contributed by atoms with Crippen LogP contribution in [0.2, 0.25) is 5.02 Å². The third kappa shape index (κ3) is 4.92. The number of carbonyl (C=O) groups excluding carboxylic acids is 1. The van der Waals surface area contributed by atoms with E-state index in [1.807, 2.05) is 6.26 Å². The number of fused-ring (bicyclic) bond motifs is 1. The number of carbonyl (C=O) groups is 1. The van der Waals surface area contributed by atoms with Crippen LogP contribution in [-0.4, -0.2) is 58.7 Å². The lowest BCUT2D eigenvalue weighted by Gasteiger charge is -2.09. The molecule has 3 aromatic rings. The Morgan fingerprint density at radius 3 is 2.75 bits per heavy atom. The molecule has 0 radical (unpaired) electrons. The zero-order chi connectivity index (χ0) is 19.9. The molecule has 0 bridgehead atoms. The lowest BCUT2D eigenvalue weighted by molar-refractivity contribution is 0.0952. The average Bonchev–Trinajstić information content (AvgIpc) is 3.11. The fourth-order valence-corrected chi connectivity index (χ4v) is 3.06. The maximum atomic E-state index is 12.2. The van der Waals surface area contributed by atoms with Gasteiger partial charge in [-0.2, -0.15) is 5.10 Å². The van der Waals surface area contributed by atoms with Crippen LogP contribution in [0.25, 0.3) is 11.0 Å². The number of hydrogen-bond acceptors (Lipinski definition) is 7. The zero-order valence-electron chi connectivity index (χ0n) is 15.6. The van der Waals surface area contributed by atoms with Crippen molar-refractivity contribution in [2.75, 3.05) is 38.4 Å². The second-order valence-electron chi connectivity index (χ2n) is 5.85. The minimum absolute atomic E-state index is 0.158. The van der Waals surface area contributed by atoms with Crippen LogP contribution >= 0.6 is 23.4 Å². The Hall–Kier alpha value is -2.36. The molecule has 0 saturated heterocycles. The summed E-state index contributed by atoms with van der Waals surface area (Å²) < 4.78 is 6.84. The van der Waals surface area contributed by atoms with Gasteiger partial charge in [0, 0.05) is 30.8 Å². The highest BCUT2D eigenvalue weighted by molar-refractivity contribution is 7.98. The number of aromatic nitrogens is 4. The van der Waals surface area contributed by atoms with E-state index in [0.29, 0.717) is 42.0 Å². The Morgan fingerprint density at radius 1 is 1.25 bits per heavy atom. The van der Waals surface area contributed by atoms with Gasteiger partial charge in [0.2, 0.25) is 0 Å². The number of anilines is 1. The van der Waals surface area contributed by atoms with E-state index in [1.165, 1.54) is 11.8 Å². The third-order valence-electron chi connectivity index (χ3n) is 3.97. The molecule has 1 amide bonds. The number of benzene rings is 1. The SMILES string of the molecule is COCCNc1nc(SC)nc2c1cnn2CCNC(=O)c1ccc(Cl)cc1. The predicted molar refractivity (Wildman–Crippen MR) is 111 cm³/mol. The Labute approximate surface area is 172 Å². The summed E-state index contributed by atoms with van der Waals surface area (Å²) >= 11 is 7.31. The molecule has 0 aliphatic carbocycles. The molecule has 3 rings (SSSR count). The molecule has 0 aliphatic heterocycles. The predicted octanol–water partition coefficient (Wildman–Crippen LogP) is 2.69. The highest BCUT2D eigenvalue weighted by Crippen LogP contribution is 2.23. The summed E-state index contributed by atoms with van der Waals surface area (Å²) in [7, 11) is 1.65. The Kier molecular flexibility index (Phi) is 7.07. The standard InChI is InChI=1S/C18H21ClN6O2S/c1-27-10-8-20-15-14-11-22-25(16(14)24-18(23-15)28-2)9-7-21-17(26)12-3-5-13(19)6-4-12/h3-6,11H,7-10H2,1-2H3,(H,21,26)(H,20,23,24). The molecule has 0 spiro atoms. The first kappa shape index (κ1) is 20.4. The first-order chi connectivity index (χ1) is 13.6. The van der Waals surface area contributed by atoms with Gasteiger partial charge < -0.3 is 15.4 Å². The number of hydrogen-bond donors (Lipinski definition) is 2. The van der Waals surface area contributed by atoms with Crippen LogP contribution in [0, 0.1) is 0 Å². The number of methoxy groups -OCH3 is 1. The summed E-state index contributed by atoms with van der Waals surface area (Å²) in [6, 6.07) is 6.76. The van der Waals surface area contributed by atoms with Crippen molar-refractivity contribution in [3.05, 3.63) is 41.0 Å². The van der Waals surface area contributed by atoms with Crippen molar-refractivity contribution in [2.45, 2.75) is 11.7 Å². The van der Waals surface area contributed by atoms with E-state index in [9.17, 15) is 4.79 Å². The number of nitrogens with one attached hydrogen (secondary N) is 2. The van der Waals surface area contributed by atoms with Gasteiger partial charge in [0.15, 0.2) is 10.8 Å². The highest BCUT2D eigenvalue weighted by Gasteiger charge is 2.13. The number of thioether (sulfide) groups is 1. The minimum atomic E-state index is -0.158. The van der Waals surface area contributed by atoms with Crippen LogP contribution in [0.1, 0.15) is 10.4 Å². The molecule has 0 unspecified atom stereocenters. The summed E-state index contributed by atoms with van der Waals surface area (Å²) in [4.78, 5) is 21.3. The number of nitrogens with zero attached hydrogens (tertiary/aromatic N) is 4. The summed E-state index contributed by atoms with van der Waals surface area (Å²) in [5.41, 5.74) is 1.28. The van der Waals surface area contributed by atoms with Crippen LogP contribution in [0.15, 0.2) is 35.6 Å². The van der Waals surface area contributed by atoms with Crippen molar-refractivity contribution in [1.82, 2.24) is 25.1 Å². The first-order valence-corrected chi connectivity index (χ1v) is 10.3. The lowest BCUT2D eigenvalue weighted by Crippen LogP contribution is -2.27. The van der Waals surface area contributed by atoms with Crippen molar-refractivity contribution in [1.29, 1.82) is 0 Å². The van der Waals surface area contributed by atoms with Crippen LogP contribution in [0.4, 0.5) is 5.82 Å². The van der Waals surface area contributed by atoms with Crippen molar-refractivity contribution < 1.29 is 9.53 Å². The molecule has 0 atom stereocenters. The summed E-state index contributed by atoms with van der Waals surface area (Å²) in [5, 5.41) is 12.6. The molecule has 1 aromatic carbocycles. The summed E-state index contributed by atoms with van der Waals surface area (Å²) in [6.07, 6.45) is 3.66. The third-order valence-corrected chi connectivity index (χ3v) is 4.77. The minimum Gasteiger partial charge on any atom is -0.383 e. The maximum absolute atomic E-state index is 12.2. The second kappa shape index (κ2) is 9.72. The molecule has 10 heteroatoms. The van der Waals surface area contributed by atoms with Gasteiger partial charge in [-0.15, -0.1) is 0 Å². The van der Waals surface area contributed by atoms with Gasteiger partial charge >= 0.3 is 0 Å². The van der Waals surface area contributed by atoms with Crippen LogP contribution in [0.5, 0.6) is 0 Å². The molecular formula is C18H21ClN6O2S. The van der Waals surface area contributed by atoms with E-state index in [1.54, 1.807) is 42.3 Å². The van der Waals surface area contributed by atoms with Crippen molar-refractivity contribution in [3.63, 3.8) is 0 Å². The normalized spacial score (nSPS) is 11.0. The molecule has 2 aromatic heterocycles. The van der Waals surface area contributed by atoms with E-state index in [-0.39, 0.29) is 5.91 Å². The molecular weight excluding hydrogens is 400 g/mol. The Balaban J connectivity index is 1.69. The van der Waals surface area contributed by atoms with E-state index in [2.05, 4.69) is 25.7 Å². The lowest BCUT2D eigenvalue weighted by atomic mass is 10.2. The van der Waals surface area contributed by atoms with E-state index in [0.717, 1.165) is 16.9 Å². The molecule has 0 fully saturated rings. The largest absolute Gasteiger partial charge is 0.383 e. The molecule has 0 saturated carbocycles. The van der Waals surface area contributed by atoms with Crippen molar-refractivity contribution >= 4 is 46.1 Å². The zero-order valence-corrected chi connectivity index (χ0v) is 17.2. The van der Waals surface area contributed by atoms with E-state index in [4.69, 9.17) is 16.3 Å². The van der Waals surface area contributed by atoms with Gasteiger partial charge in [0.1, 0.15) is 5.82 Å². The summed E-state index contributed by atoms with van der Waals surface area (Å²) in [6.45, 7) is 2.12. The van der Waals surface area contributed by atoms with Crippen LogP contribution < -0.4 is 10.6 Å². The van der Waals surface area contributed by atoms with Crippen molar-refractivity contribution in [3.8, 4) is 0 Å². The maximum Gasteiger partial charge on any atom is 0.251 e. The Morgan fingerprint density at radius 2 is 2.04 bits per heavy atom. The highest BCUT2D eigenvalue weighted by atomic mass is 35.5. The second-order valence-corrected chi connectivity index (χ2v) is 7.06. The molecule has 0 aliphatic rings. The number of ether oxygens (including phenoxy) is 1. The molecule has 2 N–H and O–H groups in total. The summed E-state index contributed by atoms with van der Waals surface area (Å²) in [5.74, 6) is 0.567. The molecule has 2 heterocycles. The van der Waals surface area contributed by atoms with E-state index >= 15 is 0 Å². The van der Waals surface area contributed by atoms with Gasteiger partial charge in [-0.25, -0.2) is 14.6 Å². The van der Waals surface area contributed by atoms with Gasteiger partial charge in [-0.1, -0.05) is 23.4 Å². The smallest absolute Gasteiger partial charge is 0.251 e. The van der Waals surface area contributed by atoms with Gasteiger partial charge in [0.25, 0.3) is 5.91 Å². The fraction of sp³-hybridized carbons (Fsp3) is 0.333. The van der Waals surface area contributed by atoms with Crippen molar-refractivity contribution in [2.24, 2.45) is 0 Å². The van der Waals surface area contributed by atoms with Crippen LogP contribution in [0.3, 0.4) is 0 Å². The number of amides is 1. The average molecular weight is 421 g/mol. The van der Waals surface area contributed by atoms with Gasteiger partial charge in [0.05, 0.1) is 24.7 Å². The number of halogens is 1. The fourth-order valence-electron chi connectivity index (χ4n) is 2.58. The number of rotatable bonds is 9. The first-order valence-electron chi connectivity index (χ1n) is 8.66. The molecule has 148 valence electrons. The molecule has 28 heavy (non-hydrogen) atoms. The topological polar surface area (TPSA) is 94.0 Å². The Bertz CT molecular complexity index is 947. The van der Waals surface area contributed by atoms with E-state index < -0.39 is 0 Å². The quantitative estimate of drug-likeness (QED) is 0.312.